The Morgan fingerprint density at radius 2 is 1.48 bits per heavy atom. The summed E-state index contributed by atoms with van der Waals surface area (Å²) in [5, 5.41) is 8.01. The second-order valence-corrected chi connectivity index (χ2v) is 8.58. The number of rotatable bonds is 10. The number of carbonyl (C=O) groups excluding carboxylic acids is 2. The van der Waals surface area contributed by atoms with Crippen molar-refractivity contribution < 1.29 is 9.59 Å². The van der Waals surface area contributed by atoms with Gasteiger partial charge in [0.25, 0.3) is 0 Å². The van der Waals surface area contributed by atoms with Gasteiger partial charge in [-0.2, -0.15) is 11.8 Å². The molecule has 0 aliphatic rings. The molecule has 0 aliphatic carbocycles. The highest BCUT2D eigenvalue weighted by Gasteiger charge is 2.06. The number of thioether (sulfide) groups is 2. The Morgan fingerprint density at radius 1 is 0.759 bits per heavy atom. The Morgan fingerprint density at radius 3 is 2.31 bits per heavy atom. The SMILES string of the molecule is O=C(CSCC(=O)Nc1ccc2ccccc2c1)NCCSCc1ccccc1. The van der Waals surface area contributed by atoms with Crippen molar-refractivity contribution in [1.82, 2.24) is 5.32 Å². The van der Waals surface area contributed by atoms with Crippen LogP contribution in [0.3, 0.4) is 0 Å². The normalized spacial score (nSPS) is 10.6. The smallest absolute Gasteiger partial charge is 0.234 e. The number of nitrogens with one attached hydrogen (secondary N) is 2. The minimum absolute atomic E-state index is 0.0335. The van der Waals surface area contributed by atoms with Crippen LogP contribution in [0.1, 0.15) is 5.56 Å². The van der Waals surface area contributed by atoms with Crippen LogP contribution in [0.25, 0.3) is 10.8 Å². The van der Waals surface area contributed by atoms with E-state index in [0.717, 1.165) is 28.0 Å². The van der Waals surface area contributed by atoms with Gasteiger partial charge in [0.05, 0.1) is 11.5 Å². The topological polar surface area (TPSA) is 58.2 Å². The van der Waals surface area contributed by atoms with E-state index in [4.69, 9.17) is 0 Å². The van der Waals surface area contributed by atoms with Crippen LogP contribution in [-0.2, 0) is 15.3 Å². The summed E-state index contributed by atoms with van der Waals surface area (Å²) in [6.45, 7) is 0.639. The highest BCUT2D eigenvalue weighted by atomic mass is 32.2. The number of carbonyl (C=O) groups is 2. The molecule has 0 aromatic heterocycles. The summed E-state index contributed by atoms with van der Waals surface area (Å²) >= 11 is 3.12. The molecular formula is C23H24N2O2S2. The largest absolute Gasteiger partial charge is 0.355 e. The molecule has 2 N–H and O–H groups in total. The van der Waals surface area contributed by atoms with E-state index < -0.39 is 0 Å². The molecule has 150 valence electrons. The maximum absolute atomic E-state index is 12.1. The van der Waals surface area contributed by atoms with E-state index in [0.29, 0.717) is 6.54 Å². The van der Waals surface area contributed by atoms with Crippen LogP contribution in [-0.4, -0.2) is 35.6 Å². The molecule has 0 saturated heterocycles. The van der Waals surface area contributed by atoms with Crippen LogP contribution >= 0.6 is 23.5 Å². The lowest BCUT2D eigenvalue weighted by atomic mass is 10.1. The molecule has 0 radical (unpaired) electrons. The maximum atomic E-state index is 12.1. The van der Waals surface area contributed by atoms with E-state index in [9.17, 15) is 9.59 Å². The van der Waals surface area contributed by atoms with Gasteiger partial charge in [-0.05, 0) is 28.5 Å². The van der Waals surface area contributed by atoms with E-state index in [1.54, 1.807) is 11.8 Å². The van der Waals surface area contributed by atoms with Crippen LogP contribution in [0.15, 0.2) is 72.8 Å². The van der Waals surface area contributed by atoms with Gasteiger partial charge >= 0.3 is 0 Å². The summed E-state index contributed by atoms with van der Waals surface area (Å²) in [5.41, 5.74) is 2.06. The summed E-state index contributed by atoms with van der Waals surface area (Å²) in [7, 11) is 0. The molecule has 2 amide bonds. The third-order valence-corrected chi connectivity index (χ3v) is 6.14. The van der Waals surface area contributed by atoms with Crippen molar-refractivity contribution in [2.45, 2.75) is 5.75 Å². The van der Waals surface area contributed by atoms with Gasteiger partial charge in [-0.15, -0.1) is 11.8 Å². The number of amides is 2. The molecule has 4 nitrogen and oxygen atoms in total. The average molecular weight is 425 g/mol. The highest BCUT2D eigenvalue weighted by Crippen LogP contribution is 2.19. The van der Waals surface area contributed by atoms with Crippen molar-refractivity contribution >= 4 is 51.8 Å². The van der Waals surface area contributed by atoms with Crippen LogP contribution in [0.4, 0.5) is 5.69 Å². The molecule has 0 atom stereocenters. The van der Waals surface area contributed by atoms with Gasteiger partial charge in [-0.3, -0.25) is 9.59 Å². The van der Waals surface area contributed by atoms with E-state index in [1.165, 1.54) is 17.3 Å². The third kappa shape index (κ3) is 7.48. The maximum Gasteiger partial charge on any atom is 0.234 e. The molecule has 0 spiro atoms. The van der Waals surface area contributed by atoms with Crippen LogP contribution in [0.5, 0.6) is 0 Å². The monoisotopic (exact) mass is 424 g/mol. The lowest BCUT2D eigenvalue weighted by molar-refractivity contribution is -0.118. The molecule has 3 aromatic rings. The van der Waals surface area contributed by atoms with Gasteiger partial charge in [0.15, 0.2) is 0 Å². The molecule has 0 bridgehead atoms. The van der Waals surface area contributed by atoms with Crippen molar-refractivity contribution in [3.05, 3.63) is 78.4 Å². The van der Waals surface area contributed by atoms with Gasteiger partial charge in [-0.25, -0.2) is 0 Å². The second kappa shape index (κ2) is 11.5. The first-order valence-electron chi connectivity index (χ1n) is 9.45. The fourth-order valence-corrected chi connectivity index (χ4v) is 4.24. The third-order valence-electron chi connectivity index (χ3n) is 4.18. The predicted octanol–water partition coefficient (Wildman–Crippen LogP) is 4.56. The van der Waals surface area contributed by atoms with Crippen molar-refractivity contribution in [2.24, 2.45) is 0 Å². The minimum Gasteiger partial charge on any atom is -0.355 e. The summed E-state index contributed by atoms with van der Waals surface area (Å²) in [5.74, 6) is 2.22. The lowest BCUT2D eigenvalue weighted by Crippen LogP contribution is -2.28. The number of hydrogen-bond acceptors (Lipinski definition) is 4. The van der Waals surface area contributed by atoms with Crippen molar-refractivity contribution in [3.8, 4) is 0 Å². The van der Waals surface area contributed by atoms with Gasteiger partial charge in [0, 0.05) is 23.7 Å². The van der Waals surface area contributed by atoms with E-state index >= 15 is 0 Å². The standard InChI is InChI=1S/C23H24N2O2S2/c26-22(24-12-13-28-15-18-6-2-1-3-7-18)16-29-17-23(27)25-21-11-10-19-8-4-5-9-20(19)14-21/h1-11,14H,12-13,15-17H2,(H,24,26)(H,25,27). The summed E-state index contributed by atoms with van der Waals surface area (Å²) in [6.07, 6.45) is 0. The zero-order chi connectivity index (χ0) is 20.3. The summed E-state index contributed by atoms with van der Waals surface area (Å²) in [6, 6.07) is 24.1. The molecule has 3 aromatic carbocycles. The van der Waals surface area contributed by atoms with E-state index in [2.05, 4.69) is 22.8 Å². The zero-order valence-corrected chi connectivity index (χ0v) is 17.7. The molecular weight excluding hydrogens is 400 g/mol. The quantitative estimate of drug-likeness (QED) is 0.469. The molecule has 29 heavy (non-hydrogen) atoms. The van der Waals surface area contributed by atoms with Crippen LogP contribution in [0, 0.1) is 0 Å². The Bertz CT molecular complexity index is 948. The van der Waals surface area contributed by atoms with Crippen LogP contribution < -0.4 is 10.6 Å². The van der Waals surface area contributed by atoms with Gasteiger partial charge < -0.3 is 10.6 Å². The summed E-state index contributed by atoms with van der Waals surface area (Å²) in [4.78, 5) is 24.0. The minimum atomic E-state index is -0.100. The Labute approximate surface area is 179 Å². The first-order valence-corrected chi connectivity index (χ1v) is 11.8. The van der Waals surface area contributed by atoms with Crippen LogP contribution in [0.2, 0.25) is 0 Å². The molecule has 3 rings (SSSR count). The average Bonchev–Trinajstić information content (AvgIpc) is 2.74. The number of anilines is 1. The molecule has 0 unspecified atom stereocenters. The number of hydrogen-bond donors (Lipinski definition) is 2. The molecule has 0 saturated carbocycles. The van der Waals surface area contributed by atoms with Gasteiger partial charge in [-0.1, -0.05) is 60.7 Å². The number of fused-ring (bicyclic) bond motifs is 1. The van der Waals surface area contributed by atoms with E-state index in [1.807, 2.05) is 60.7 Å². The molecule has 0 fully saturated rings. The Balaban J connectivity index is 1.27. The van der Waals surface area contributed by atoms with E-state index in [-0.39, 0.29) is 23.3 Å². The summed E-state index contributed by atoms with van der Waals surface area (Å²) < 4.78 is 0. The van der Waals surface area contributed by atoms with Gasteiger partial charge in [0.2, 0.25) is 11.8 Å². The fraction of sp³-hybridized carbons (Fsp3) is 0.217. The first-order chi connectivity index (χ1) is 14.2. The Kier molecular flexibility index (Phi) is 8.46. The Hall–Kier alpha value is -2.44. The second-order valence-electron chi connectivity index (χ2n) is 6.49. The zero-order valence-electron chi connectivity index (χ0n) is 16.1. The fourth-order valence-electron chi connectivity index (χ4n) is 2.78. The molecule has 0 heterocycles. The number of benzene rings is 3. The van der Waals surface area contributed by atoms with Crippen molar-refractivity contribution in [1.29, 1.82) is 0 Å². The molecule has 6 heteroatoms. The lowest BCUT2D eigenvalue weighted by Gasteiger charge is -2.07. The van der Waals surface area contributed by atoms with Crippen molar-refractivity contribution in [3.63, 3.8) is 0 Å². The van der Waals surface area contributed by atoms with Crippen molar-refractivity contribution in [2.75, 3.05) is 29.1 Å². The highest BCUT2D eigenvalue weighted by molar-refractivity contribution is 8.00. The predicted molar refractivity (Wildman–Crippen MR) is 126 cm³/mol. The molecule has 0 aliphatic heterocycles. The van der Waals surface area contributed by atoms with Gasteiger partial charge in [0.1, 0.15) is 0 Å². The first kappa shape index (κ1) is 21.3.